The van der Waals surface area contributed by atoms with Gasteiger partial charge >= 0.3 is 0 Å². The van der Waals surface area contributed by atoms with Crippen LogP contribution in [0, 0.1) is 0 Å². The largest absolute Gasteiger partial charge is 0.361 e. The van der Waals surface area contributed by atoms with Crippen molar-refractivity contribution < 1.29 is 0 Å². The van der Waals surface area contributed by atoms with Gasteiger partial charge in [-0.05, 0) is 40.8 Å². The van der Waals surface area contributed by atoms with Gasteiger partial charge in [0.2, 0.25) is 0 Å². The number of aromatic amines is 1. The molecule has 0 amide bonds. The fourth-order valence-corrected chi connectivity index (χ4v) is 2.09. The van der Waals surface area contributed by atoms with E-state index in [9.17, 15) is 0 Å². The lowest BCUT2D eigenvalue weighted by molar-refractivity contribution is 1.48. The highest BCUT2D eigenvalue weighted by atomic mass is 35.5. The van der Waals surface area contributed by atoms with E-state index in [1.807, 2.05) is 24.4 Å². The Bertz CT molecular complexity index is 640. The molecule has 2 heteroatoms. The molecule has 1 heterocycles. The molecule has 0 unspecified atom stereocenters. The standard InChI is InChI=1S/C14H10ClN/c15-13-3-1-2-11(8-13)12-5-4-10-6-7-16-14(10)9-12/h1-9,16H. The second-order valence-corrected chi connectivity index (χ2v) is 4.23. The average Bonchev–Trinajstić information content (AvgIpc) is 2.75. The number of hydrogen-bond donors (Lipinski definition) is 1. The summed E-state index contributed by atoms with van der Waals surface area (Å²) in [5, 5.41) is 2.00. The molecular weight excluding hydrogens is 218 g/mol. The lowest BCUT2D eigenvalue weighted by Crippen LogP contribution is -1.77. The molecule has 0 aliphatic rings. The highest BCUT2D eigenvalue weighted by molar-refractivity contribution is 6.30. The van der Waals surface area contributed by atoms with Gasteiger partial charge in [0, 0.05) is 16.7 Å². The SMILES string of the molecule is Clc1cccc(-c2ccc3cc[nH]c3c2)c1. The summed E-state index contributed by atoms with van der Waals surface area (Å²) in [7, 11) is 0. The first-order valence-electron chi connectivity index (χ1n) is 5.16. The van der Waals surface area contributed by atoms with Crippen molar-refractivity contribution in [2.45, 2.75) is 0 Å². The molecule has 1 N–H and O–H groups in total. The minimum atomic E-state index is 0.768. The molecule has 0 saturated heterocycles. The predicted molar refractivity (Wildman–Crippen MR) is 68.7 cm³/mol. The van der Waals surface area contributed by atoms with E-state index >= 15 is 0 Å². The van der Waals surface area contributed by atoms with E-state index in [0.717, 1.165) is 16.1 Å². The van der Waals surface area contributed by atoms with Crippen molar-refractivity contribution >= 4 is 22.5 Å². The van der Waals surface area contributed by atoms with Gasteiger partial charge in [0.25, 0.3) is 0 Å². The fourth-order valence-electron chi connectivity index (χ4n) is 1.90. The minimum absolute atomic E-state index is 0.768. The monoisotopic (exact) mass is 227 g/mol. The molecule has 0 aliphatic heterocycles. The Balaban J connectivity index is 2.18. The third-order valence-electron chi connectivity index (χ3n) is 2.71. The number of nitrogens with one attached hydrogen (secondary N) is 1. The first-order valence-corrected chi connectivity index (χ1v) is 5.54. The van der Waals surface area contributed by atoms with Crippen LogP contribution in [0.25, 0.3) is 22.0 Å². The van der Waals surface area contributed by atoms with Gasteiger partial charge in [0.1, 0.15) is 0 Å². The van der Waals surface area contributed by atoms with Crippen molar-refractivity contribution in [1.29, 1.82) is 0 Å². The van der Waals surface area contributed by atoms with Gasteiger partial charge in [0.15, 0.2) is 0 Å². The van der Waals surface area contributed by atoms with E-state index in [1.165, 1.54) is 10.9 Å². The average molecular weight is 228 g/mol. The molecule has 0 spiro atoms. The van der Waals surface area contributed by atoms with E-state index in [0.29, 0.717) is 0 Å². The van der Waals surface area contributed by atoms with Gasteiger partial charge in [-0.15, -0.1) is 0 Å². The maximum atomic E-state index is 5.98. The molecule has 3 aromatic rings. The normalized spacial score (nSPS) is 10.8. The van der Waals surface area contributed by atoms with Gasteiger partial charge in [-0.25, -0.2) is 0 Å². The summed E-state index contributed by atoms with van der Waals surface area (Å²) >= 11 is 5.98. The number of rotatable bonds is 1. The summed E-state index contributed by atoms with van der Waals surface area (Å²) in [4.78, 5) is 3.21. The molecule has 0 radical (unpaired) electrons. The van der Waals surface area contributed by atoms with Crippen molar-refractivity contribution in [1.82, 2.24) is 4.98 Å². The van der Waals surface area contributed by atoms with Crippen molar-refractivity contribution in [3.63, 3.8) is 0 Å². The Morgan fingerprint density at radius 2 is 1.75 bits per heavy atom. The quantitative estimate of drug-likeness (QED) is 0.631. The van der Waals surface area contributed by atoms with E-state index in [4.69, 9.17) is 11.6 Å². The van der Waals surface area contributed by atoms with Crippen LogP contribution in [0.1, 0.15) is 0 Å². The first-order chi connectivity index (χ1) is 7.83. The lowest BCUT2D eigenvalue weighted by atomic mass is 10.0. The second-order valence-electron chi connectivity index (χ2n) is 3.79. The zero-order valence-corrected chi connectivity index (χ0v) is 9.33. The topological polar surface area (TPSA) is 15.8 Å². The molecule has 0 bridgehead atoms. The van der Waals surface area contributed by atoms with Crippen LogP contribution in [0.4, 0.5) is 0 Å². The van der Waals surface area contributed by atoms with Gasteiger partial charge in [-0.2, -0.15) is 0 Å². The Morgan fingerprint density at radius 1 is 0.875 bits per heavy atom. The van der Waals surface area contributed by atoms with E-state index in [-0.39, 0.29) is 0 Å². The molecule has 1 nitrogen and oxygen atoms in total. The summed E-state index contributed by atoms with van der Waals surface area (Å²) in [6.45, 7) is 0. The maximum Gasteiger partial charge on any atom is 0.0460 e. The van der Waals surface area contributed by atoms with Crippen LogP contribution in [-0.2, 0) is 0 Å². The summed E-state index contributed by atoms with van der Waals surface area (Å²) in [6.07, 6.45) is 1.95. The molecule has 0 fully saturated rings. The van der Waals surface area contributed by atoms with E-state index < -0.39 is 0 Å². The molecule has 78 valence electrons. The molecular formula is C14H10ClN. The smallest absolute Gasteiger partial charge is 0.0460 e. The number of H-pyrrole nitrogens is 1. The highest BCUT2D eigenvalue weighted by Crippen LogP contribution is 2.25. The summed E-state index contributed by atoms with van der Waals surface area (Å²) < 4.78 is 0. The number of fused-ring (bicyclic) bond motifs is 1. The van der Waals surface area contributed by atoms with Crippen LogP contribution < -0.4 is 0 Å². The van der Waals surface area contributed by atoms with Crippen LogP contribution in [0.2, 0.25) is 5.02 Å². The van der Waals surface area contributed by atoms with Crippen molar-refractivity contribution in [3.8, 4) is 11.1 Å². The molecule has 2 aromatic carbocycles. The molecule has 0 atom stereocenters. The highest BCUT2D eigenvalue weighted by Gasteiger charge is 2.00. The summed E-state index contributed by atoms with van der Waals surface area (Å²) in [5.74, 6) is 0. The van der Waals surface area contributed by atoms with Crippen molar-refractivity contribution in [2.24, 2.45) is 0 Å². The third-order valence-corrected chi connectivity index (χ3v) is 2.95. The molecule has 3 rings (SSSR count). The molecule has 1 aromatic heterocycles. The van der Waals surface area contributed by atoms with Crippen LogP contribution in [0.3, 0.4) is 0 Å². The number of benzene rings is 2. The van der Waals surface area contributed by atoms with Gasteiger partial charge in [0.05, 0.1) is 0 Å². The minimum Gasteiger partial charge on any atom is -0.361 e. The van der Waals surface area contributed by atoms with Gasteiger partial charge in [-0.3, -0.25) is 0 Å². The van der Waals surface area contributed by atoms with Crippen molar-refractivity contribution in [2.75, 3.05) is 0 Å². The van der Waals surface area contributed by atoms with Gasteiger partial charge < -0.3 is 4.98 Å². The summed E-state index contributed by atoms with van der Waals surface area (Å²) in [5.41, 5.74) is 3.47. The van der Waals surface area contributed by atoms with E-state index in [2.05, 4.69) is 35.3 Å². The Labute approximate surface area is 98.7 Å². The number of halogens is 1. The maximum absolute atomic E-state index is 5.98. The van der Waals surface area contributed by atoms with Crippen LogP contribution in [-0.4, -0.2) is 4.98 Å². The number of aromatic nitrogens is 1. The second kappa shape index (κ2) is 3.69. The van der Waals surface area contributed by atoms with Crippen LogP contribution in [0.15, 0.2) is 54.7 Å². The van der Waals surface area contributed by atoms with Gasteiger partial charge in [-0.1, -0.05) is 35.9 Å². The van der Waals surface area contributed by atoms with Crippen molar-refractivity contribution in [3.05, 3.63) is 59.8 Å². The Morgan fingerprint density at radius 3 is 2.62 bits per heavy atom. The molecule has 16 heavy (non-hydrogen) atoms. The molecule has 0 saturated carbocycles. The zero-order valence-electron chi connectivity index (χ0n) is 8.57. The Hall–Kier alpha value is -1.73. The third kappa shape index (κ3) is 1.59. The number of hydrogen-bond acceptors (Lipinski definition) is 0. The Kier molecular flexibility index (Phi) is 2.19. The first kappa shape index (κ1) is 9.49. The molecule has 0 aliphatic carbocycles. The summed E-state index contributed by atoms with van der Waals surface area (Å²) in [6, 6.07) is 16.3. The lowest BCUT2D eigenvalue weighted by Gasteiger charge is -2.02. The van der Waals surface area contributed by atoms with Crippen LogP contribution in [0.5, 0.6) is 0 Å². The fraction of sp³-hybridized carbons (Fsp3) is 0. The zero-order chi connectivity index (χ0) is 11.0. The van der Waals surface area contributed by atoms with Crippen LogP contribution >= 0.6 is 11.6 Å². The predicted octanol–water partition coefficient (Wildman–Crippen LogP) is 4.49. The van der Waals surface area contributed by atoms with E-state index in [1.54, 1.807) is 0 Å².